The number of hydrogen-bond donors (Lipinski definition) is 1. The fourth-order valence-electron chi connectivity index (χ4n) is 2.18. The van der Waals surface area contributed by atoms with Crippen molar-refractivity contribution >= 4 is 0 Å². The Morgan fingerprint density at radius 1 is 0.882 bits per heavy atom. The summed E-state index contributed by atoms with van der Waals surface area (Å²) in [6, 6.07) is 11.9. The van der Waals surface area contributed by atoms with Gasteiger partial charge in [0.05, 0.1) is 0 Å². The molecule has 1 nitrogen and oxygen atoms in total. The van der Waals surface area contributed by atoms with Crippen LogP contribution in [0.3, 0.4) is 0 Å². The van der Waals surface area contributed by atoms with Crippen LogP contribution in [0.5, 0.6) is 0 Å². The van der Waals surface area contributed by atoms with E-state index < -0.39 is 0 Å². The number of hydrogen-bond acceptors (Lipinski definition) is 1. The van der Waals surface area contributed by atoms with E-state index >= 15 is 0 Å². The third-order valence-electron chi connectivity index (χ3n) is 3.13. The van der Waals surface area contributed by atoms with Crippen molar-refractivity contribution in [1.82, 2.24) is 5.32 Å². The van der Waals surface area contributed by atoms with Gasteiger partial charge in [0.15, 0.2) is 0 Å². The molecule has 0 spiro atoms. The molecule has 0 aliphatic heterocycles. The van der Waals surface area contributed by atoms with E-state index in [1.54, 1.807) is 0 Å². The van der Waals surface area contributed by atoms with E-state index in [2.05, 4.69) is 63.3 Å². The number of benzene rings is 1. The first-order chi connectivity index (χ1) is 8.08. The summed E-state index contributed by atoms with van der Waals surface area (Å²) < 4.78 is 0. The van der Waals surface area contributed by atoms with Gasteiger partial charge in [-0.15, -0.1) is 0 Å². The van der Waals surface area contributed by atoms with Crippen molar-refractivity contribution in [3.63, 3.8) is 0 Å². The molecule has 0 bridgehead atoms. The van der Waals surface area contributed by atoms with E-state index in [4.69, 9.17) is 0 Å². The Morgan fingerprint density at radius 2 is 1.53 bits per heavy atom. The van der Waals surface area contributed by atoms with Gasteiger partial charge in [-0.1, -0.05) is 44.2 Å². The average Bonchev–Trinajstić information content (AvgIpc) is 2.27. The summed E-state index contributed by atoms with van der Waals surface area (Å²) in [7, 11) is 0. The van der Waals surface area contributed by atoms with Gasteiger partial charge in [0.1, 0.15) is 0 Å². The molecule has 0 aromatic heterocycles. The lowest BCUT2D eigenvalue weighted by Gasteiger charge is -2.20. The molecular weight excluding hydrogens is 206 g/mol. The molecule has 0 aliphatic rings. The second kappa shape index (κ2) is 7.50. The summed E-state index contributed by atoms with van der Waals surface area (Å²) in [5.74, 6) is 0.809. The molecule has 1 aromatic rings. The molecule has 0 radical (unpaired) electrons. The summed E-state index contributed by atoms with van der Waals surface area (Å²) in [5, 5.41) is 3.68. The molecule has 17 heavy (non-hydrogen) atoms. The molecule has 0 aliphatic carbocycles. The Balaban J connectivity index is 2.27. The highest BCUT2D eigenvalue weighted by molar-refractivity contribution is 5.15. The fraction of sp³-hybridized carbons (Fsp3) is 0.625. The van der Waals surface area contributed by atoms with Crippen molar-refractivity contribution < 1.29 is 0 Å². The highest BCUT2D eigenvalue weighted by Crippen LogP contribution is 2.08. The Hall–Kier alpha value is -0.820. The highest BCUT2D eigenvalue weighted by atomic mass is 14.9. The zero-order valence-electron chi connectivity index (χ0n) is 11.7. The molecule has 1 heteroatoms. The minimum atomic E-state index is 0.555. The first-order valence-electron chi connectivity index (χ1n) is 6.88. The van der Waals surface area contributed by atoms with Gasteiger partial charge in [-0.25, -0.2) is 0 Å². The van der Waals surface area contributed by atoms with Crippen LogP contribution in [0.1, 0.15) is 46.1 Å². The third kappa shape index (κ3) is 6.48. The SMILES string of the molecule is CC(C)CCC(C)NC(C)Cc1ccccc1. The van der Waals surface area contributed by atoms with Gasteiger partial charge < -0.3 is 5.32 Å². The van der Waals surface area contributed by atoms with Crippen molar-refractivity contribution in [3.8, 4) is 0 Å². The smallest absolute Gasteiger partial charge is 0.00816 e. The summed E-state index contributed by atoms with van der Waals surface area (Å²) >= 11 is 0. The summed E-state index contributed by atoms with van der Waals surface area (Å²) in [4.78, 5) is 0. The lowest BCUT2D eigenvalue weighted by atomic mass is 10.0. The summed E-state index contributed by atoms with van der Waals surface area (Å²) in [6.45, 7) is 9.16. The van der Waals surface area contributed by atoms with Gasteiger partial charge in [-0.05, 0) is 44.6 Å². The minimum absolute atomic E-state index is 0.555. The van der Waals surface area contributed by atoms with Crippen LogP contribution in [0.4, 0.5) is 0 Å². The van der Waals surface area contributed by atoms with E-state index in [9.17, 15) is 0 Å². The summed E-state index contributed by atoms with van der Waals surface area (Å²) in [6.07, 6.45) is 3.70. The maximum atomic E-state index is 3.68. The lowest BCUT2D eigenvalue weighted by molar-refractivity contribution is 0.410. The highest BCUT2D eigenvalue weighted by Gasteiger charge is 2.08. The van der Waals surface area contributed by atoms with Gasteiger partial charge in [0.25, 0.3) is 0 Å². The lowest BCUT2D eigenvalue weighted by Crippen LogP contribution is -2.36. The number of rotatable bonds is 7. The molecule has 0 heterocycles. The van der Waals surface area contributed by atoms with Gasteiger partial charge in [0.2, 0.25) is 0 Å². The molecule has 2 atom stereocenters. The Bertz CT molecular complexity index is 292. The van der Waals surface area contributed by atoms with Gasteiger partial charge in [0, 0.05) is 12.1 Å². The van der Waals surface area contributed by atoms with Gasteiger partial charge in [-0.3, -0.25) is 0 Å². The molecule has 0 fully saturated rings. The Labute approximate surface area is 107 Å². The molecule has 0 saturated heterocycles. The molecule has 0 saturated carbocycles. The van der Waals surface area contributed by atoms with Crippen molar-refractivity contribution in [2.45, 2.75) is 59.0 Å². The molecule has 1 rings (SSSR count). The van der Waals surface area contributed by atoms with E-state index in [-0.39, 0.29) is 0 Å². The van der Waals surface area contributed by atoms with Gasteiger partial charge >= 0.3 is 0 Å². The standard InChI is InChI=1S/C16H27N/c1-13(2)10-11-14(3)17-15(4)12-16-8-6-5-7-9-16/h5-9,13-15,17H,10-12H2,1-4H3. The van der Waals surface area contributed by atoms with Gasteiger partial charge in [-0.2, -0.15) is 0 Å². The molecule has 1 N–H and O–H groups in total. The van der Waals surface area contributed by atoms with E-state index in [0.29, 0.717) is 12.1 Å². The maximum Gasteiger partial charge on any atom is 0.00816 e. The van der Waals surface area contributed by atoms with Crippen LogP contribution in [0.25, 0.3) is 0 Å². The largest absolute Gasteiger partial charge is 0.311 e. The predicted molar refractivity (Wildman–Crippen MR) is 76.3 cm³/mol. The zero-order chi connectivity index (χ0) is 12.7. The molecule has 0 amide bonds. The topological polar surface area (TPSA) is 12.0 Å². The Kier molecular flexibility index (Phi) is 6.28. The molecule has 1 aromatic carbocycles. The van der Waals surface area contributed by atoms with Crippen molar-refractivity contribution in [3.05, 3.63) is 35.9 Å². The van der Waals surface area contributed by atoms with Crippen LogP contribution in [0.15, 0.2) is 30.3 Å². The minimum Gasteiger partial charge on any atom is -0.311 e. The van der Waals surface area contributed by atoms with Crippen LogP contribution in [0.2, 0.25) is 0 Å². The normalized spacial score (nSPS) is 14.9. The summed E-state index contributed by atoms with van der Waals surface area (Å²) in [5.41, 5.74) is 1.42. The van der Waals surface area contributed by atoms with E-state index in [0.717, 1.165) is 12.3 Å². The van der Waals surface area contributed by atoms with Crippen LogP contribution < -0.4 is 5.32 Å². The first-order valence-corrected chi connectivity index (χ1v) is 6.88. The van der Waals surface area contributed by atoms with E-state index in [1.165, 1.54) is 18.4 Å². The second-order valence-corrected chi connectivity index (χ2v) is 5.63. The van der Waals surface area contributed by atoms with Crippen LogP contribution in [-0.4, -0.2) is 12.1 Å². The predicted octanol–water partition coefficient (Wildman–Crippen LogP) is 4.03. The zero-order valence-corrected chi connectivity index (χ0v) is 11.7. The second-order valence-electron chi connectivity index (χ2n) is 5.63. The quantitative estimate of drug-likeness (QED) is 0.749. The monoisotopic (exact) mass is 233 g/mol. The molecular formula is C16H27N. The van der Waals surface area contributed by atoms with E-state index in [1.807, 2.05) is 0 Å². The van der Waals surface area contributed by atoms with Crippen molar-refractivity contribution in [1.29, 1.82) is 0 Å². The third-order valence-corrected chi connectivity index (χ3v) is 3.13. The molecule has 2 unspecified atom stereocenters. The maximum absolute atomic E-state index is 3.68. The van der Waals surface area contributed by atoms with Crippen LogP contribution in [0, 0.1) is 5.92 Å². The van der Waals surface area contributed by atoms with Crippen molar-refractivity contribution in [2.24, 2.45) is 5.92 Å². The fourth-order valence-corrected chi connectivity index (χ4v) is 2.18. The Morgan fingerprint density at radius 3 is 2.12 bits per heavy atom. The molecule has 96 valence electrons. The number of nitrogens with one attached hydrogen (secondary N) is 1. The van der Waals surface area contributed by atoms with Crippen LogP contribution in [-0.2, 0) is 6.42 Å². The average molecular weight is 233 g/mol. The van der Waals surface area contributed by atoms with Crippen molar-refractivity contribution in [2.75, 3.05) is 0 Å². The first kappa shape index (κ1) is 14.2. The van der Waals surface area contributed by atoms with Crippen LogP contribution >= 0.6 is 0 Å².